The summed E-state index contributed by atoms with van der Waals surface area (Å²) >= 11 is 0. The van der Waals surface area contributed by atoms with Crippen molar-refractivity contribution in [3.63, 3.8) is 0 Å². The molecule has 0 saturated carbocycles. The highest BCUT2D eigenvalue weighted by atomic mass is 16.5. The molecule has 0 aliphatic rings. The van der Waals surface area contributed by atoms with Crippen molar-refractivity contribution >= 4 is 0 Å². The molecule has 0 heterocycles. The number of rotatable bonds is 5. The molecular formula is C13H21NO. The van der Waals surface area contributed by atoms with Crippen molar-refractivity contribution in [3.8, 4) is 5.75 Å². The molecule has 0 aliphatic heterocycles. The van der Waals surface area contributed by atoms with Crippen LogP contribution in [0, 0.1) is 0 Å². The lowest BCUT2D eigenvalue weighted by Crippen LogP contribution is -2.15. The molecule has 0 amide bonds. The maximum atomic E-state index is 5.65. The number of benzene rings is 1. The standard InChI is InChI=1S/C13H21NO/c1-11(2)15-13-7-5-6-12(10-13)8-9-14(3)4/h5-7,10-11H,8-9H2,1-4H3. The third kappa shape index (κ3) is 4.84. The van der Waals surface area contributed by atoms with Gasteiger partial charge in [-0.05, 0) is 52.1 Å². The SMILES string of the molecule is CC(C)Oc1cccc(CCN(C)C)c1. The fourth-order valence-electron chi connectivity index (χ4n) is 1.40. The van der Waals surface area contributed by atoms with Gasteiger partial charge >= 0.3 is 0 Å². The first-order valence-corrected chi connectivity index (χ1v) is 5.48. The second-order valence-corrected chi connectivity index (χ2v) is 4.37. The van der Waals surface area contributed by atoms with E-state index < -0.39 is 0 Å². The van der Waals surface area contributed by atoms with E-state index in [-0.39, 0.29) is 6.10 Å². The maximum absolute atomic E-state index is 5.65. The number of hydrogen-bond donors (Lipinski definition) is 0. The molecule has 0 spiro atoms. The molecule has 0 radical (unpaired) electrons. The van der Waals surface area contributed by atoms with Gasteiger partial charge in [-0.1, -0.05) is 12.1 Å². The van der Waals surface area contributed by atoms with E-state index in [9.17, 15) is 0 Å². The van der Waals surface area contributed by atoms with E-state index in [0.29, 0.717) is 0 Å². The molecule has 0 aliphatic carbocycles. The quantitative estimate of drug-likeness (QED) is 0.736. The van der Waals surface area contributed by atoms with Crippen LogP contribution < -0.4 is 4.74 Å². The summed E-state index contributed by atoms with van der Waals surface area (Å²) in [6.45, 7) is 5.17. The zero-order valence-electron chi connectivity index (χ0n) is 10.2. The summed E-state index contributed by atoms with van der Waals surface area (Å²) in [6.07, 6.45) is 1.32. The lowest BCUT2D eigenvalue weighted by Gasteiger charge is -2.12. The number of nitrogens with zero attached hydrogens (tertiary/aromatic N) is 1. The van der Waals surface area contributed by atoms with Crippen molar-refractivity contribution in [2.75, 3.05) is 20.6 Å². The first-order chi connectivity index (χ1) is 7.08. The van der Waals surface area contributed by atoms with Crippen molar-refractivity contribution in [1.29, 1.82) is 0 Å². The summed E-state index contributed by atoms with van der Waals surface area (Å²) in [5, 5.41) is 0. The Balaban J connectivity index is 2.57. The Kier molecular flexibility index (Phi) is 4.63. The van der Waals surface area contributed by atoms with Crippen molar-refractivity contribution in [2.24, 2.45) is 0 Å². The van der Waals surface area contributed by atoms with E-state index in [0.717, 1.165) is 18.7 Å². The van der Waals surface area contributed by atoms with E-state index in [1.807, 2.05) is 19.9 Å². The van der Waals surface area contributed by atoms with E-state index in [1.54, 1.807) is 0 Å². The molecule has 0 N–H and O–H groups in total. The third-order valence-electron chi connectivity index (χ3n) is 2.12. The fourth-order valence-corrected chi connectivity index (χ4v) is 1.40. The van der Waals surface area contributed by atoms with Crippen molar-refractivity contribution in [1.82, 2.24) is 4.90 Å². The molecular weight excluding hydrogens is 186 g/mol. The normalized spacial score (nSPS) is 11.1. The van der Waals surface area contributed by atoms with Crippen molar-refractivity contribution in [2.45, 2.75) is 26.4 Å². The average Bonchev–Trinajstić information content (AvgIpc) is 2.14. The van der Waals surface area contributed by atoms with Crippen LogP contribution in [-0.4, -0.2) is 31.6 Å². The van der Waals surface area contributed by atoms with Gasteiger partial charge in [-0.2, -0.15) is 0 Å². The van der Waals surface area contributed by atoms with Crippen LogP contribution in [0.2, 0.25) is 0 Å². The predicted octanol–water partition coefficient (Wildman–Crippen LogP) is 2.58. The molecule has 1 rings (SSSR count). The number of likely N-dealkylation sites (N-methyl/N-ethyl adjacent to an activating group) is 1. The van der Waals surface area contributed by atoms with Crippen LogP contribution in [0.3, 0.4) is 0 Å². The molecule has 2 heteroatoms. The van der Waals surface area contributed by atoms with Gasteiger partial charge in [-0.3, -0.25) is 0 Å². The Morgan fingerprint density at radius 2 is 2.00 bits per heavy atom. The molecule has 0 aromatic heterocycles. The minimum Gasteiger partial charge on any atom is -0.491 e. The van der Waals surface area contributed by atoms with Crippen LogP contribution in [0.1, 0.15) is 19.4 Å². The van der Waals surface area contributed by atoms with Crippen LogP contribution in [0.5, 0.6) is 5.75 Å². The Hall–Kier alpha value is -1.02. The molecule has 84 valence electrons. The second kappa shape index (κ2) is 5.76. The Morgan fingerprint density at radius 3 is 2.60 bits per heavy atom. The first kappa shape index (κ1) is 12.1. The van der Waals surface area contributed by atoms with Gasteiger partial charge in [0, 0.05) is 6.54 Å². The summed E-state index contributed by atoms with van der Waals surface area (Å²) in [5.74, 6) is 0.973. The molecule has 0 fully saturated rings. The van der Waals surface area contributed by atoms with Crippen LogP contribution in [-0.2, 0) is 6.42 Å². The number of hydrogen-bond acceptors (Lipinski definition) is 2. The van der Waals surface area contributed by atoms with E-state index in [1.165, 1.54) is 5.56 Å². The third-order valence-corrected chi connectivity index (χ3v) is 2.12. The Morgan fingerprint density at radius 1 is 1.27 bits per heavy atom. The van der Waals surface area contributed by atoms with Crippen LogP contribution in [0.25, 0.3) is 0 Å². The van der Waals surface area contributed by atoms with Gasteiger partial charge in [0.15, 0.2) is 0 Å². The van der Waals surface area contributed by atoms with Gasteiger partial charge < -0.3 is 9.64 Å². The summed E-state index contributed by atoms with van der Waals surface area (Å²) in [7, 11) is 4.18. The average molecular weight is 207 g/mol. The summed E-state index contributed by atoms with van der Waals surface area (Å²) < 4.78 is 5.65. The smallest absolute Gasteiger partial charge is 0.119 e. The Bertz CT molecular complexity index is 294. The minimum atomic E-state index is 0.245. The first-order valence-electron chi connectivity index (χ1n) is 5.48. The van der Waals surface area contributed by atoms with Gasteiger partial charge in [0.25, 0.3) is 0 Å². The van der Waals surface area contributed by atoms with E-state index in [2.05, 4.69) is 37.2 Å². The summed E-state index contributed by atoms with van der Waals surface area (Å²) in [4.78, 5) is 2.19. The monoisotopic (exact) mass is 207 g/mol. The fraction of sp³-hybridized carbons (Fsp3) is 0.538. The highest BCUT2D eigenvalue weighted by molar-refractivity contribution is 5.28. The molecule has 0 saturated heterocycles. The molecule has 1 aromatic rings. The molecule has 1 aromatic carbocycles. The molecule has 15 heavy (non-hydrogen) atoms. The minimum absolute atomic E-state index is 0.245. The highest BCUT2D eigenvalue weighted by Gasteiger charge is 1.99. The van der Waals surface area contributed by atoms with Crippen LogP contribution >= 0.6 is 0 Å². The largest absolute Gasteiger partial charge is 0.491 e. The zero-order valence-corrected chi connectivity index (χ0v) is 10.2. The summed E-state index contributed by atoms with van der Waals surface area (Å²) in [5.41, 5.74) is 1.34. The van der Waals surface area contributed by atoms with E-state index >= 15 is 0 Å². The number of ether oxygens (including phenoxy) is 1. The molecule has 0 bridgehead atoms. The van der Waals surface area contributed by atoms with Crippen LogP contribution in [0.15, 0.2) is 24.3 Å². The lowest BCUT2D eigenvalue weighted by atomic mass is 10.1. The van der Waals surface area contributed by atoms with Gasteiger partial charge in [-0.25, -0.2) is 0 Å². The van der Waals surface area contributed by atoms with E-state index in [4.69, 9.17) is 4.74 Å². The van der Waals surface area contributed by atoms with Gasteiger partial charge in [0.05, 0.1) is 6.10 Å². The van der Waals surface area contributed by atoms with Gasteiger partial charge in [0.1, 0.15) is 5.75 Å². The molecule has 0 unspecified atom stereocenters. The van der Waals surface area contributed by atoms with Crippen molar-refractivity contribution in [3.05, 3.63) is 29.8 Å². The topological polar surface area (TPSA) is 12.5 Å². The van der Waals surface area contributed by atoms with Gasteiger partial charge in [0.2, 0.25) is 0 Å². The summed E-state index contributed by atoms with van der Waals surface area (Å²) in [6, 6.07) is 8.35. The van der Waals surface area contributed by atoms with Crippen molar-refractivity contribution < 1.29 is 4.74 Å². The second-order valence-electron chi connectivity index (χ2n) is 4.37. The van der Waals surface area contributed by atoms with Gasteiger partial charge in [-0.15, -0.1) is 0 Å². The maximum Gasteiger partial charge on any atom is 0.119 e. The van der Waals surface area contributed by atoms with Crippen LogP contribution in [0.4, 0.5) is 0 Å². The Labute approximate surface area is 92.9 Å². The predicted molar refractivity (Wildman–Crippen MR) is 64.5 cm³/mol. The lowest BCUT2D eigenvalue weighted by molar-refractivity contribution is 0.242. The highest BCUT2D eigenvalue weighted by Crippen LogP contribution is 2.15. The zero-order chi connectivity index (χ0) is 11.3. The molecule has 0 atom stereocenters. The molecule has 2 nitrogen and oxygen atoms in total.